The van der Waals surface area contributed by atoms with Crippen molar-refractivity contribution in [3.05, 3.63) is 0 Å². The lowest BCUT2D eigenvalue weighted by Crippen LogP contribution is -2.02. The molecule has 0 fully saturated rings. The Morgan fingerprint density at radius 1 is 1.33 bits per heavy atom. The summed E-state index contributed by atoms with van der Waals surface area (Å²) in [7, 11) is 0. The SMILES string of the molecule is CCCCCC(CC)CN=C=O. The Morgan fingerprint density at radius 3 is 2.58 bits per heavy atom. The van der Waals surface area contributed by atoms with Crippen molar-refractivity contribution in [2.45, 2.75) is 46.0 Å². The van der Waals surface area contributed by atoms with E-state index in [4.69, 9.17) is 0 Å². The molecular weight excluding hydrogens is 150 g/mol. The molecule has 0 aliphatic carbocycles. The molecule has 0 spiro atoms. The molecule has 0 rings (SSSR count). The van der Waals surface area contributed by atoms with E-state index in [0.29, 0.717) is 12.5 Å². The minimum absolute atomic E-state index is 0.595. The van der Waals surface area contributed by atoms with Gasteiger partial charge in [-0.3, -0.25) is 0 Å². The van der Waals surface area contributed by atoms with Gasteiger partial charge >= 0.3 is 0 Å². The minimum Gasteiger partial charge on any atom is -0.211 e. The quantitative estimate of drug-likeness (QED) is 0.327. The van der Waals surface area contributed by atoms with Gasteiger partial charge in [-0.15, -0.1) is 0 Å². The van der Waals surface area contributed by atoms with Crippen molar-refractivity contribution in [1.29, 1.82) is 0 Å². The Hall–Kier alpha value is -0.620. The first-order valence-corrected chi connectivity index (χ1v) is 4.88. The van der Waals surface area contributed by atoms with E-state index < -0.39 is 0 Å². The second-order valence-electron chi connectivity index (χ2n) is 3.20. The number of hydrogen-bond donors (Lipinski definition) is 0. The normalized spacial score (nSPS) is 12.2. The molecule has 0 aromatic rings. The Labute approximate surface area is 75.1 Å². The molecule has 0 aliphatic rings. The van der Waals surface area contributed by atoms with Crippen LogP contribution in [-0.4, -0.2) is 12.6 Å². The maximum atomic E-state index is 9.86. The third kappa shape index (κ3) is 6.11. The van der Waals surface area contributed by atoms with Crippen LogP contribution in [0.4, 0.5) is 0 Å². The van der Waals surface area contributed by atoms with Crippen LogP contribution in [0.5, 0.6) is 0 Å². The first-order chi connectivity index (χ1) is 5.85. The van der Waals surface area contributed by atoms with Crippen molar-refractivity contribution in [2.24, 2.45) is 10.9 Å². The van der Waals surface area contributed by atoms with Gasteiger partial charge in [0.15, 0.2) is 0 Å². The third-order valence-electron chi connectivity index (χ3n) is 2.21. The van der Waals surface area contributed by atoms with Crippen molar-refractivity contribution >= 4 is 6.08 Å². The number of hydrogen-bond acceptors (Lipinski definition) is 2. The second-order valence-corrected chi connectivity index (χ2v) is 3.20. The maximum absolute atomic E-state index is 9.86. The van der Waals surface area contributed by atoms with Crippen molar-refractivity contribution in [1.82, 2.24) is 0 Å². The van der Waals surface area contributed by atoms with Gasteiger partial charge in [-0.05, 0) is 12.3 Å². The van der Waals surface area contributed by atoms with Crippen molar-refractivity contribution in [3.8, 4) is 0 Å². The van der Waals surface area contributed by atoms with E-state index in [0.717, 1.165) is 6.42 Å². The molecule has 0 heterocycles. The lowest BCUT2D eigenvalue weighted by Gasteiger charge is -2.09. The first-order valence-electron chi connectivity index (χ1n) is 4.88. The van der Waals surface area contributed by atoms with E-state index in [2.05, 4.69) is 18.8 Å². The number of aliphatic imine (C=N–C) groups is 1. The molecule has 1 atom stereocenters. The fraction of sp³-hybridized carbons (Fsp3) is 0.900. The van der Waals surface area contributed by atoms with Gasteiger partial charge in [0.1, 0.15) is 0 Å². The van der Waals surface area contributed by atoms with Gasteiger partial charge in [0, 0.05) is 0 Å². The third-order valence-corrected chi connectivity index (χ3v) is 2.21. The fourth-order valence-corrected chi connectivity index (χ4v) is 1.27. The van der Waals surface area contributed by atoms with Gasteiger partial charge in [-0.2, -0.15) is 0 Å². The maximum Gasteiger partial charge on any atom is 0.234 e. The summed E-state index contributed by atoms with van der Waals surface area (Å²) in [6.07, 6.45) is 7.74. The number of isocyanates is 1. The zero-order valence-electron chi connectivity index (χ0n) is 8.18. The summed E-state index contributed by atoms with van der Waals surface area (Å²) >= 11 is 0. The van der Waals surface area contributed by atoms with Crippen LogP contribution >= 0.6 is 0 Å². The summed E-state index contributed by atoms with van der Waals surface area (Å²) in [5.74, 6) is 0.595. The molecule has 0 bridgehead atoms. The van der Waals surface area contributed by atoms with Crippen LogP contribution in [0.1, 0.15) is 46.0 Å². The summed E-state index contributed by atoms with van der Waals surface area (Å²) in [5, 5.41) is 0. The molecule has 0 amide bonds. The van der Waals surface area contributed by atoms with Crippen LogP contribution in [0, 0.1) is 5.92 Å². The highest BCUT2D eigenvalue weighted by atomic mass is 16.1. The second kappa shape index (κ2) is 8.48. The highest BCUT2D eigenvalue weighted by Crippen LogP contribution is 2.13. The summed E-state index contributed by atoms with van der Waals surface area (Å²) in [6.45, 7) is 5.02. The van der Waals surface area contributed by atoms with Crippen molar-refractivity contribution < 1.29 is 4.79 Å². The predicted octanol–water partition coefficient (Wildman–Crippen LogP) is 2.93. The Balaban J connectivity index is 3.45. The molecule has 0 aromatic carbocycles. The first kappa shape index (κ1) is 11.4. The molecule has 0 N–H and O–H groups in total. The van der Waals surface area contributed by atoms with Crippen LogP contribution in [0.25, 0.3) is 0 Å². The largest absolute Gasteiger partial charge is 0.234 e. The van der Waals surface area contributed by atoms with Gasteiger partial charge in [-0.25, -0.2) is 9.79 Å². The number of nitrogens with zero attached hydrogens (tertiary/aromatic N) is 1. The topological polar surface area (TPSA) is 29.4 Å². The van der Waals surface area contributed by atoms with E-state index in [9.17, 15) is 4.79 Å². The summed E-state index contributed by atoms with van der Waals surface area (Å²) < 4.78 is 0. The average Bonchev–Trinajstić information content (AvgIpc) is 2.11. The smallest absolute Gasteiger partial charge is 0.211 e. The fourth-order valence-electron chi connectivity index (χ4n) is 1.27. The molecule has 1 unspecified atom stereocenters. The Bertz CT molecular complexity index is 139. The zero-order valence-corrected chi connectivity index (χ0v) is 8.18. The molecule has 0 aromatic heterocycles. The van der Waals surface area contributed by atoms with Gasteiger partial charge in [0.05, 0.1) is 6.54 Å². The van der Waals surface area contributed by atoms with E-state index in [-0.39, 0.29) is 0 Å². The molecule has 12 heavy (non-hydrogen) atoms. The van der Waals surface area contributed by atoms with Crippen LogP contribution in [-0.2, 0) is 4.79 Å². The van der Waals surface area contributed by atoms with Crippen molar-refractivity contribution in [2.75, 3.05) is 6.54 Å². The molecule has 0 radical (unpaired) electrons. The number of unbranched alkanes of at least 4 members (excludes halogenated alkanes) is 2. The van der Waals surface area contributed by atoms with Gasteiger partial charge in [0.25, 0.3) is 0 Å². The predicted molar refractivity (Wildman–Crippen MR) is 50.9 cm³/mol. The summed E-state index contributed by atoms with van der Waals surface area (Å²) in [4.78, 5) is 13.5. The van der Waals surface area contributed by atoms with E-state index in [1.807, 2.05) is 0 Å². The monoisotopic (exact) mass is 169 g/mol. The highest BCUT2D eigenvalue weighted by Gasteiger charge is 2.03. The van der Waals surface area contributed by atoms with E-state index >= 15 is 0 Å². The molecule has 0 aliphatic heterocycles. The van der Waals surface area contributed by atoms with E-state index in [1.54, 1.807) is 6.08 Å². The van der Waals surface area contributed by atoms with Gasteiger partial charge < -0.3 is 0 Å². The number of carbonyl (C=O) groups excluding carboxylic acids is 1. The Morgan fingerprint density at radius 2 is 2.08 bits per heavy atom. The highest BCUT2D eigenvalue weighted by molar-refractivity contribution is 5.32. The van der Waals surface area contributed by atoms with Crippen LogP contribution < -0.4 is 0 Å². The zero-order chi connectivity index (χ0) is 9.23. The van der Waals surface area contributed by atoms with E-state index in [1.165, 1.54) is 25.7 Å². The standard InChI is InChI=1S/C10H19NO/c1-3-5-6-7-10(4-2)8-11-9-12/h10H,3-8H2,1-2H3. The summed E-state index contributed by atoms with van der Waals surface area (Å²) in [5.41, 5.74) is 0. The molecule has 2 heteroatoms. The Kier molecular flexibility index (Phi) is 8.04. The lowest BCUT2D eigenvalue weighted by molar-refractivity contribution is 0.453. The molecule has 0 saturated carbocycles. The average molecular weight is 169 g/mol. The van der Waals surface area contributed by atoms with Crippen molar-refractivity contribution in [3.63, 3.8) is 0 Å². The van der Waals surface area contributed by atoms with Crippen LogP contribution in [0.3, 0.4) is 0 Å². The van der Waals surface area contributed by atoms with Crippen LogP contribution in [0.2, 0.25) is 0 Å². The van der Waals surface area contributed by atoms with Gasteiger partial charge in [-0.1, -0.05) is 39.5 Å². The van der Waals surface area contributed by atoms with Crippen LogP contribution in [0.15, 0.2) is 4.99 Å². The molecule has 70 valence electrons. The molecule has 2 nitrogen and oxygen atoms in total. The molecule has 0 saturated heterocycles. The summed E-state index contributed by atoms with van der Waals surface area (Å²) in [6, 6.07) is 0. The van der Waals surface area contributed by atoms with Gasteiger partial charge in [0.2, 0.25) is 6.08 Å². The lowest BCUT2D eigenvalue weighted by atomic mass is 9.99. The molecular formula is C10H19NO. The minimum atomic E-state index is 0.595. The number of rotatable bonds is 7.